The van der Waals surface area contributed by atoms with E-state index in [4.69, 9.17) is 5.73 Å². The van der Waals surface area contributed by atoms with Crippen LogP contribution in [0.3, 0.4) is 0 Å². The lowest BCUT2D eigenvalue weighted by Gasteiger charge is -2.44. The Labute approximate surface area is 111 Å². The van der Waals surface area contributed by atoms with E-state index < -0.39 is 0 Å². The van der Waals surface area contributed by atoms with E-state index in [0.717, 1.165) is 12.8 Å². The highest BCUT2D eigenvalue weighted by Crippen LogP contribution is 2.24. The predicted octanol–water partition coefficient (Wildman–Crippen LogP) is 1.49. The molecule has 3 unspecified atom stereocenters. The van der Waals surface area contributed by atoms with Crippen LogP contribution in [0.2, 0.25) is 0 Å². The normalized spacial score (nSPS) is 27.9. The molecule has 4 nitrogen and oxygen atoms in total. The van der Waals surface area contributed by atoms with Gasteiger partial charge in [-0.1, -0.05) is 6.42 Å². The average molecular weight is 255 g/mol. The Kier molecular flexibility index (Phi) is 5.17. The van der Waals surface area contributed by atoms with Crippen molar-refractivity contribution in [2.24, 2.45) is 5.73 Å². The molecule has 0 saturated carbocycles. The minimum Gasteiger partial charge on any atom is -0.350 e. The zero-order chi connectivity index (χ0) is 13.9. The van der Waals surface area contributed by atoms with Crippen molar-refractivity contribution in [2.75, 3.05) is 6.54 Å². The van der Waals surface area contributed by atoms with Gasteiger partial charge >= 0.3 is 0 Å². The first kappa shape index (κ1) is 15.4. The number of rotatable bonds is 3. The van der Waals surface area contributed by atoms with Gasteiger partial charge in [0.25, 0.3) is 0 Å². The molecule has 3 N–H and O–H groups in total. The lowest BCUT2D eigenvalue weighted by atomic mass is 9.94. The van der Waals surface area contributed by atoms with Crippen LogP contribution < -0.4 is 11.1 Å². The van der Waals surface area contributed by atoms with Gasteiger partial charge in [0.05, 0.1) is 6.04 Å². The van der Waals surface area contributed by atoms with Crippen LogP contribution in [0, 0.1) is 0 Å². The van der Waals surface area contributed by atoms with Gasteiger partial charge in [-0.05, 0) is 47.5 Å². The summed E-state index contributed by atoms with van der Waals surface area (Å²) in [6.45, 7) is 10.9. The molecule has 0 radical (unpaired) electrons. The van der Waals surface area contributed by atoms with E-state index in [-0.39, 0.29) is 17.5 Å². The number of hydrogen-bond donors (Lipinski definition) is 2. The van der Waals surface area contributed by atoms with E-state index in [1.165, 1.54) is 6.42 Å². The SMILES string of the molecule is CC1CCCC(CN)N1C(C)C(=O)NC(C)(C)C. The minimum absolute atomic E-state index is 0.104. The van der Waals surface area contributed by atoms with Crippen LogP contribution in [0.4, 0.5) is 0 Å². The summed E-state index contributed by atoms with van der Waals surface area (Å²) < 4.78 is 0. The number of hydrogen-bond acceptors (Lipinski definition) is 3. The van der Waals surface area contributed by atoms with Crippen LogP contribution >= 0.6 is 0 Å². The van der Waals surface area contributed by atoms with Crippen molar-refractivity contribution in [3.8, 4) is 0 Å². The van der Waals surface area contributed by atoms with E-state index in [2.05, 4.69) is 17.1 Å². The summed E-state index contributed by atoms with van der Waals surface area (Å²) in [5.41, 5.74) is 5.67. The average Bonchev–Trinajstić information content (AvgIpc) is 2.25. The van der Waals surface area contributed by atoms with E-state index in [1.807, 2.05) is 27.7 Å². The molecule has 3 atom stereocenters. The Morgan fingerprint density at radius 2 is 2.06 bits per heavy atom. The molecular weight excluding hydrogens is 226 g/mol. The van der Waals surface area contributed by atoms with Crippen molar-refractivity contribution in [2.45, 2.75) is 77.5 Å². The molecule has 1 rings (SSSR count). The Balaban J connectivity index is 2.73. The van der Waals surface area contributed by atoms with Crippen molar-refractivity contribution >= 4 is 5.91 Å². The molecule has 106 valence electrons. The van der Waals surface area contributed by atoms with Crippen molar-refractivity contribution in [3.63, 3.8) is 0 Å². The van der Waals surface area contributed by atoms with Gasteiger partial charge in [0, 0.05) is 24.2 Å². The highest BCUT2D eigenvalue weighted by Gasteiger charge is 2.34. The maximum Gasteiger partial charge on any atom is 0.237 e. The summed E-state index contributed by atoms with van der Waals surface area (Å²) in [6, 6.07) is 0.676. The predicted molar refractivity (Wildman–Crippen MR) is 75.4 cm³/mol. The number of piperidine rings is 1. The molecular formula is C14H29N3O. The molecule has 1 amide bonds. The molecule has 4 heteroatoms. The molecule has 0 aromatic rings. The second kappa shape index (κ2) is 6.02. The highest BCUT2D eigenvalue weighted by atomic mass is 16.2. The van der Waals surface area contributed by atoms with E-state index >= 15 is 0 Å². The zero-order valence-electron chi connectivity index (χ0n) is 12.5. The van der Waals surface area contributed by atoms with Gasteiger partial charge in [-0.25, -0.2) is 0 Å². The van der Waals surface area contributed by atoms with Crippen LogP contribution in [-0.2, 0) is 4.79 Å². The summed E-state index contributed by atoms with van der Waals surface area (Å²) >= 11 is 0. The molecule has 1 saturated heterocycles. The van der Waals surface area contributed by atoms with Gasteiger partial charge in [-0.15, -0.1) is 0 Å². The summed E-state index contributed by atoms with van der Waals surface area (Å²) in [4.78, 5) is 14.6. The summed E-state index contributed by atoms with van der Waals surface area (Å²) in [6.07, 6.45) is 3.48. The molecule has 0 bridgehead atoms. The molecule has 1 fully saturated rings. The fourth-order valence-corrected chi connectivity index (χ4v) is 2.85. The second-order valence-electron chi connectivity index (χ2n) is 6.53. The van der Waals surface area contributed by atoms with Gasteiger partial charge in [0.15, 0.2) is 0 Å². The number of nitrogens with two attached hydrogens (primary N) is 1. The first-order valence-electron chi connectivity index (χ1n) is 7.06. The third kappa shape index (κ3) is 3.95. The Hall–Kier alpha value is -0.610. The summed E-state index contributed by atoms with van der Waals surface area (Å²) in [7, 11) is 0. The number of amides is 1. The minimum atomic E-state index is -0.178. The lowest BCUT2D eigenvalue weighted by molar-refractivity contribution is -0.130. The monoisotopic (exact) mass is 255 g/mol. The third-order valence-electron chi connectivity index (χ3n) is 3.69. The van der Waals surface area contributed by atoms with Crippen molar-refractivity contribution in [3.05, 3.63) is 0 Å². The Morgan fingerprint density at radius 1 is 1.44 bits per heavy atom. The maximum atomic E-state index is 12.3. The fourth-order valence-electron chi connectivity index (χ4n) is 2.85. The van der Waals surface area contributed by atoms with Crippen molar-refractivity contribution < 1.29 is 4.79 Å². The third-order valence-corrected chi connectivity index (χ3v) is 3.69. The van der Waals surface area contributed by atoms with Gasteiger partial charge in [0.2, 0.25) is 5.91 Å². The Morgan fingerprint density at radius 3 is 2.56 bits per heavy atom. The number of carbonyl (C=O) groups excluding carboxylic acids is 1. The van der Waals surface area contributed by atoms with Crippen LogP contribution in [0.5, 0.6) is 0 Å². The summed E-state index contributed by atoms with van der Waals surface area (Å²) in [5.74, 6) is 0.106. The summed E-state index contributed by atoms with van der Waals surface area (Å²) in [5, 5.41) is 3.06. The zero-order valence-corrected chi connectivity index (χ0v) is 12.5. The standard InChI is InChI=1S/C14H29N3O/c1-10-7-6-8-12(9-15)17(10)11(2)13(18)16-14(3,4)5/h10-12H,6-9,15H2,1-5H3,(H,16,18). The van der Waals surface area contributed by atoms with Gasteiger partial charge in [0.1, 0.15) is 0 Å². The van der Waals surface area contributed by atoms with E-state index in [0.29, 0.717) is 18.6 Å². The van der Waals surface area contributed by atoms with Crippen molar-refractivity contribution in [1.29, 1.82) is 0 Å². The first-order valence-corrected chi connectivity index (χ1v) is 7.06. The number of carbonyl (C=O) groups is 1. The van der Waals surface area contributed by atoms with Crippen LogP contribution in [0.25, 0.3) is 0 Å². The maximum absolute atomic E-state index is 12.3. The van der Waals surface area contributed by atoms with E-state index in [9.17, 15) is 4.79 Å². The largest absolute Gasteiger partial charge is 0.350 e. The van der Waals surface area contributed by atoms with E-state index in [1.54, 1.807) is 0 Å². The smallest absolute Gasteiger partial charge is 0.237 e. The molecule has 1 aliphatic heterocycles. The van der Waals surface area contributed by atoms with Crippen LogP contribution in [0.1, 0.15) is 53.9 Å². The van der Waals surface area contributed by atoms with Gasteiger partial charge in [-0.3, -0.25) is 9.69 Å². The molecule has 1 aliphatic rings. The number of likely N-dealkylation sites (tertiary alicyclic amines) is 1. The van der Waals surface area contributed by atoms with Gasteiger partial charge < -0.3 is 11.1 Å². The Bertz CT molecular complexity index is 285. The first-order chi connectivity index (χ1) is 8.26. The highest BCUT2D eigenvalue weighted by molar-refractivity contribution is 5.82. The molecule has 0 aromatic heterocycles. The second-order valence-corrected chi connectivity index (χ2v) is 6.53. The molecule has 0 aromatic carbocycles. The van der Waals surface area contributed by atoms with Crippen LogP contribution in [0.15, 0.2) is 0 Å². The quantitative estimate of drug-likeness (QED) is 0.803. The fraction of sp³-hybridized carbons (Fsp3) is 0.929. The molecule has 0 spiro atoms. The molecule has 1 heterocycles. The number of nitrogens with zero attached hydrogens (tertiary/aromatic N) is 1. The van der Waals surface area contributed by atoms with Crippen LogP contribution in [-0.4, -0.2) is 41.0 Å². The lowest BCUT2D eigenvalue weighted by Crippen LogP contribution is -2.59. The molecule has 18 heavy (non-hydrogen) atoms. The molecule has 0 aliphatic carbocycles. The number of nitrogens with one attached hydrogen (secondary N) is 1. The van der Waals surface area contributed by atoms with Gasteiger partial charge in [-0.2, -0.15) is 0 Å². The van der Waals surface area contributed by atoms with Crippen molar-refractivity contribution in [1.82, 2.24) is 10.2 Å². The topological polar surface area (TPSA) is 58.4 Å².